The smallest absolute Gasteiger partial charge is 0.277 e. The summed E-state index contributed by atoms with van der Waals surface area (Å²) in [5, 5.41) is 8.80. The van der Waals surface area contributed by atoms with Crippen molar-refractivity contribution in [1.82, 2.24) is 20.4 Å². The van der Waals surface area contributed by atoms with Gasteiger partial charge in [0.2, 0.25) is 0 Å². The van der Waals surface area contributed by atoms with Crippen LogP contribution in [0.2, 0.25) is 0 Å². The molecule has 2 N–H and O–H groups in total. The number of amides is 1. The molecule has 0 saturated heterocycles. The highest BCUT2D eigenvalue weighted by Crippen LogP contribution is 2.29. The molecule has 2 heterocycles. The van der Waals surface area contributed by atoms with Crippen LogP contribution in [0.5, 0.6) is 0 Å². The van der Waals surface area contributed by atoms with Crippen molar-refractivity contribution >= 4 is 5.91 Å². The van der Waals surface area contributed by atoms with Gasteiger partial charge in [-0.1, -0.05) is 0 Å². The second-order valence-electron chi connectivity index (χ2n) is 6.95. The standard InChI is InChI=1S/C21H19FN4O2/c22-18-11-14-4-3-13(8-16(14)10-17(18)21(27)26-28)9-20-24-7-5-19(25-20)15-2-1-6-23-12-15/h1-2,5-7,10-13,28H,3-4,8-9H2,(H,26,27). The van der Waals surface area contributed by atoms with E-state index in [1.165, 1.54) is 17.6 Å². The van der Waals surface area contributed by atoms with E-state index in [9.17, 15) is 9.18 Å². The number of hydroxylamine groups is 1. The Bertz CT molecular complexity index is 1010. The lowest BCUT2D eigenvalue weighted by Crippen LogP contribution is -2.23. The molecule has 1 aromatic carbocycles. The Morgan fingerprint density at radius 3 is 2.93 bits per heavy atom. The Morgan fingerprint density at radius 2 is 2.14 bits per heavy atom. The number of nitrogens with zero attached hydrogens (tertiary/aromatic N) is 3. The Morgan fingerprint density at radius 1 is 1.25 bits per heavy atom. The number of hydrogen-bond donors (Lipinski definition) is 2. The van der Waals surface area contributed by atoms with Crippen molar-refractivity contribution in [1.29, 1.82) is 0 Å². The number of carbonyl (C=O) groups is 1. The minimum Gasteiger partial charge on any atom is -0.288 e. The molecule has 7 heteroatoms. The van der Waals surface area contributed by atoms with Gasteiger partial charge in [-0.2, -0.15) is 0 Å². The van der Waals surface area contributed by atoms with Crippen LogP contribution in [-0.2, 0) is 19.3 Å². The molecule has 28 heavy (non-hydrogen) atoms. The first-order chi connectivity index (χ1) is 13.6. The van der Waals surface area contributed by atoms with E-state index in [0.29, 0.717) is 18.8 Å². The summed E-state index contributed by atoms with van der Waals surface area (Å²) in [4.78, 5) is 24.8. The number of benzene rings is 1. The van der Waals surface area contributed by atoms with Crippen LogP contribution >= 0.6 is 0 Å². The summed E-state index contributed by atoms with van der Waals surface area (Å²) in [6, 6.07) is 8.62. The van der Waals surface area contributed by atoms with Crippen LogP contribution in [0.1, 0.15) is 33.7 Å². The molecule has 1 atom stereocenters. The van der Waals surface area contributed by atoms with Crippen molar-refractivity contribution in [3.05, 3.63) is 77.3 Å². The second kappa shape index (κ2) is 7.82. The quantitative estimate of drug-likeness (QED) is 0.538. The van der Waals surface area contributed by atoms with Gasteiger partial charge in [0, 0.05) is 30.6 Å². The van der Waals surface area contributed by atoms with Crippen molar-refractivity contribution in [2.24, 2.45) is 5.92 Å². The lowest BCUT2D eigenvalue weighted by Gasteiger charge is -2.25. The molecule has 3 aromatic rings. The summed E-state index contributed by atoms with van der Waals surface area (Å²) in [6.45, 7) is 0. The van der Waals surface area contributed by atoms with E-state index in [0.717, 1.165) is 41.1 Å². The van der Waals surface area contributed by atoms with Crippen LogP contribution in [-0.4, -0.2) is 26.1 Å². The molecule has 0 saturated carbocycles. The Balaban J connectivity index is 1.53. The topological polar surface area (TPSA) is 88.0 Å². The minimum atomic E-state index is -0.838. The first-order valence-corrected chi connectivity index (χ1v) is 9.12. The lowest BCUT2D eigenvalue weighted by molar-refractivity contribution is 0.0701. The van der Waals surface area contributed by atoms with E-state index in [2.05, 4.69) is 15.0 Å². The highest BCUT2D eigenvalue weighted by molar-refractivity contribution is 5.93. The van der Waals surface area contributed by atoms with Gasteiger partial charge in [-0.25, -0.2) is 19.8 Å². The van der Waals surface area contributed by atoms with E-state index in [1.54, 1.807) is 18.6 Å². The fraction of sp³-hybridized carbons (Fsp3) is 0.238. The normalized spacial score (nSPS) is 15.7. The molecular weight excluding hydrogens is 359 g/mol. The molecule has 1 amide bonds. The third kappa shape index (κ3) is 3.75. The molecule has 142 valence electrons. The van der Waals surface area contributed by atoms with Crippen molar-refractivity contribution < 1.29 is 14.4 Å². The van der Waals surface area contributed by atoms with E-state index >= 15 is 0 Å². The number of nitrogens with one attached hydrogen (secondary N) is 1. The van der Waals surface area contributed by atoms with Gasteiger partial charge >= 0.3 is 0 Å². The number of rotatable bonds is 4. The predicted molar refractivity (Wildman–Crippen MR) is 100 cm³/mol. The summed E-state index contributed by atoms with van der Waals surface area (Å²) >= 11 is 0. The number of aryl methyl sites for hydroxylation is 1. The summed E-state index contributed by atoms with van der Waals surface area (Å²) in [5.41, 5.74) is 4.97. The number of pyridine rings is 1. The molecule has 1 aliphatic rings. The van der Waals surface area contributed by atoms with Crippen LogP contribution in [0, 0.1) is 11.7 Å². The van der Waals surface area contributed by atoms with Gasteiger partial charge in [0.05, 0.1) is 11.3 Å². The second-order valence-corrected chi connectivity index (χ2v) is 6.95. The highest BCUT2D eigenvalue weighted by Gasteiger charge is 2.23. The number of fused-ring (bicyclic) bond motifs is 1. The van der Waals surface area contributed by atoms with Crippen molar-refractivity contribution in [3.63, 3.8) is 0 Å². The average Bonchev–Trinajstić information content (AvgIpc) is 2.74. The Kier molecular flexibility index (Phi) is 5.08. The molecule has 4 rings (SSSR count). The van der Waals surface area contributed by atoms with E-state index in [1.807, 2.05) is 18.2 Å². The molecule has 2 aromatic heterocycles. The van der Waals surface area contributed by atoms with Crippen molar-refractivity contribution in [2.45, 2.75) is 25.7 Å². The maximum absolute atomic E-state index is 14.1. The fourth-order valence-electron chi connectivity index (χ4n) is 3.69. The predicted octanol–water partition coefficient (Wildman–Crippen LogP) is 3.14. The number of halogens is 1. The third-order valence-electron chi connectivity index (χ3n) is 5.10. The lowest BCUT2D eigenvalue weighted by atomic mass is 9.81. The zero-order valence-electron chi connectivity index (χ0n) is 15.1. The largest absolute Gasteiger partial charge is 0.288 e. The molecule has 6 nitrogen and oxygen atoms in total. The Labute approximate surface area is 161 Å². The number of carbonyl (C=O) groups excluding carboxylic acids is 1. The van der Waals surface area contributed by atoms with Crippen LogP contribution in [0.25, 0.3) is 11.3 Å². The van der Waals surface area contributed by atoms with Gasteiger partial charge in [0.1, 0.15) is 11.6 Å². The van der Waals surface area contributed by atoms with E-state index in [-0.39, 0.29) is 5.56 Å². The van der Waals surface area contributed by atoms with Crippen LogP contribution in [0.4, 0.5) is 4.39 Å². The minimum absolute atomic E-state index is 0.142. The van der Waals surface area contributed by atoms with Crippen LogP contribution < -0.4 is 5.48 Å². The van der Waals surface area contributed by atoms with Gasteiger partial charge in [0.15, 0.2) is 0 Å². The van der Waals surface area contributed by atoms with Gasteiger partial charge in [0.25, 0.3) is 5.91 Å². The van der Waals surface area contributed by atoms with Gasteiger partial charge in [-0.3, -0.25) is 15.0 Å². The summed E-state index contributed by atoms with van der Waals surface area (Å²) in [5.74, 6) is -0.399. The van der Waals surface area contributed by atoms with E-state index < -0.39 is 11.7 Å². The van der Waals surface area contributed by atoms with Gasteiger partial charge in [-0.15, -0.1) is 0 Å². The SMILES string of the molecule is O=C(NO)c1cc2c(cc1F)CCC(Cc1nccc(-c3cccnc3)n1)C2. The zero-order valence-corrected chi connectivity index (χ0v) is 15.1. The van der Waals surface area contributed by atoms with Crippen molar-refractivity contribution in [2.75, 3.05) is 0 Å². The fourth-order valence-corrected chi connectivity index (χ4v) is 3.69. The van der Waals surface area contributed by atoms with Gasteiger partial charge < -0.3 is 0 Å². The van der Waals surface area contributed by atoms with Gasteiger partial charge in [-0.05, 0) is 66.6 Å². The maximum Gasteiger partial charge on any atom is 0.277 e. The monoisotopic (exact) mass is 378 g/mol. The first-order valence-electron chi connectivity index (χ1n) is 9.12. The third-order valence-corrected chi connectivity index (χ3v) is 5.10. The average molecular weight is 378 g/mol. The summed E-state index contributed by atoms with van der Waals surface area (Å²) < 4.78 is 14.1. The number of hydrogen-bond acceptors (Lipinski definition) is 5. The van der Waals surface area contributed by atoms with Crippen LogP contribution in [0.3, 0.4) is 0 Å². The molecule has 1 unspecified atom stereocenters. The molecule has 0 spiro atoms. The van der Waals surface area contributed by atoms with Crippen molar-refractivity contribution in [3.8, 4) is 11.3 Å². The molecule has 1 aliphatic carbocycles. The Hall–Kier alpha value is -3.19. The number of aromatic nitrogens is 3. The van der Waals surface area contributed by atoms with E-state index in [4.69, 9.17) is 5.21 Å². The molecule has 0 radical (unpaired) electrons. The highest BCUT2D eigenvalue weighted by atomic mass is 19.1. The molecule has 0 aliphatic heterocycles. The summed E-state index contributed by atoms with van der Waals surface area (Å²) in [6.07, 6.45) is 8.29. The maximum atomic E-state index is 14.1. The summed E-state index contributed by atoms with van der Waals surface area (Å²) in [7, 11) is 0. The molecule has 0 bridgehead atoms. The molecule has 0 fully saturated rings. The molecular formula is C21H19FN4O2. The van der Waals surface area contributed by atoms with Crippen LogP contribution in [0.15, 0.2) is 48.9 Å². The first kappa shape index (κ1) is 18.2. The zero-order chi connectivity index (χ0) is 19.5.